The Morgan fingerprint density at radius 2 is 1.95 bits per heavy atom. The normalized spacial score (nSPS) is 28.7. The van der Waals surface area contributed by atoms with E-state index in [2.05, 4.69) is 16.7 Å². The summed E-state index contributed by atoms with van der Waals surface area (Å²) in [4.78, 5) is 17.1. The summed E-state index contributed by atoms with van der Waals surface area (Å²) in [6.07, 6.45) is 8.35. The number of Topliss-reactive ketones (excluding diaryl/α,β-unsaturated/α-hetero) is 1. The van der Waals surface area contributed by atoms with Gasteiger partial charge in [-0.2, -0.15) is 11.8 Å². The van der Waals surface area contributed by atoms with Gasteiger partial charge in [0.05, 0.1) is 0 Å². The average Bonchev–Trinajstić information content (AvgIpc) is 2.84. The number of carbonyl (C=O) groups is 1. The highest BCUT2D eigenvalue weighted by molar-refractivity contribution is 8.00. The number of hydrogen-bond donors (Lipinski definition) is 0. The summed E-state index contributed by atoms with van der Waals surface area (Å²) in [5, 5.41) is 3.55. The second-order valence-electron chi connectivity index (χ2n) is 5.89. The van der Waals surface area contributed by atoms with E-state index >= 15 is 0 Å². The lowest BCUT2D eigenvalue weighted by Crippen LogP contribution is -2.25. The van der Waals surface area contributed by atoms with Crippen molar-refractivity contribution in [3.63, 3.8) is 0 Å². The van der Waals surface area contributed by atoms with Crippen LogP contribution < -0.4 is 0 Å². The molecule has 2 unspecified atom stereocenters. The lowest BCUT2D eigenvalue weighted by molar-refractivity contribution is 0.0908. The van der Waals surface area contributed by atoms with Crippen molar-refractivity contribution in [3.05, 3.63) is 42.2 Å². The maximum atomic E-state index is 12.9. The number of rotatable bonds is 2. The van der Waals surface area contributed by atoms with Crippen LogP contribution in [-0.2, 0) is 0 Å². The van der Waals surface area contributed by atoms with E-state index in [0.29, 0.717) is 5.78 Å². The molecule has 0 spiro atoms. The van der Waals surface area contributed by atoms with Crippen molar-refractivity contribution in [3.8, 4) is 0 Å². The SMILES string of the molecule is O=C(c1cccc2ccncc12)C1CC2CCC(C1)S2. The molecule has 3 heterocycles. The fraction of sp³-hybridized carbons (Fsp3) is 0.412. The number of carbonyl (C=O) groups excluding carboxylic acids is 1. The van der Waals surface area contributed by atoms with Crippen LogP contribution in [0.4, 0.5) is 0 Å². The quantitative estimate of drug-likeness (QED) is 0.777. The molecule has 2 aliphatic rings. The molecule has 20 heavy (non-hydrogen) atoms. The minimum absolute atomic E-state index is 0.222. The summed E-state index contributed by atoms with van der Waals surface area (Å²) in [5.41, 5.74) is 0.868. The van der Waals surface area contributed by atoms with Gasteiger partial charge < -0.3 is 0 Å². The van der Waals surface area contributed by atoms with Crippen LogP contribution >= 0.6 is 11.8 Å². The summed E-state index contributed by atoms with van der Waals surface area (Å²) in [5.74, 6) is 0.556. The molecule has 0 N–H and O–H groups in total. The Hall–Kier alpha value is -1.35. The average molecular weight is 283 g/mol. The number of aromatic nitrogens is 1. The second kappa shape index (κ2) is 4.88. The molecular formula is C17H17NOS. The van der Waals surface area contributed by atoms with Gasteiger partial charge in [0.15, 0.2) is 5.78 Å². The topological polar surface area (TPSA) is 30.0 Å². The molecule has 2 atom stereocenters. The van der Waals surface area contributed by atoms with Gasteiger partial charge in [-0.3, -0.25) is 9.78 Å². The van der Waals surface area contributed by atoms with Crippen LogP contribution in [0.15, 0.2) is 36.7 Å². The Morgan fingerprint density at radius 3 is 2.75 bits per heavy atom. The van der Waals surface area contributed by atoms with Gasteiger partial charge in [0.2, 0.25) is 0 Å². The number of hydrogen-bond acceptors (Lipinski definition) is 3. The number of fused-ring (bicyclic) bond motifs is 3. The smallest absolute Gasteiger partial charge is 0.166 e. The minimum atomic E-state index is 0.222. The van der Waals surface area contributed by atoms with Gasteiger partial charge in [0.25, 0.3) is 0 Å². The standard InChI is InChI=1S/C17H17NOS/c19-17(12-8-13-4-5-14(9-12)20-13)15-3-1-2-11-6-7-18-10-16(11)15/h1-3,6-7,10,12-14H,4-5,8-9H2. The largest absolute Gasteiger partial charge is 0.294 e. The molecule has 2 saturated heterocycles. The number of thioether (sulfide) groups is 1. The number of ketones is 1. The molecule has 0 saturated carbocycles. The Labute approximate surface area is 123 Å². The highest BCUT2D eigenvalue weighted by Gasteiger charge is 2.38. The lowest BCUT2D eigenvalue weighted by Gasteiger charge is -2.26. The maximum Gasteiger partial charge on any atom is 0.166 e. The van der Waals surface area contributed by atoms with Crippen molar-refractivity contribution in [2.75, 3.05) is 0 Å². The predicted octanol–water partition coefficient (Wildman–Crippen LogP) is 4.09. The van der Waals surface area contributed by atoms with Crippen LogP contribution in [0, 0.1) is 5.92 Å². The third kappa shape index (κ3) is 2.05. The van der Waals surface area contributed by atoms with Crippen LogP contribution in [0.5, 0.6) is 0 Å². The van der Waals surface area contributed by atoms with Crippen LogP contribution in [-0.4, -0.2) is 21.3 Å². The van der Waals surface area contributed by atoms with Crippen LogP contribution in [0.1, 0.15) is 36.0 Å². The first-order chi connectivity index (χ1) is 9.81. The van der Waals surface area contributed by atoms with Gasteiger partial charge >= 0.3 is 0 Å². The van der Waals surface area contributed by atoms with E-state index in [-0.39, 0.29) is 5.92 Å². The first-order valence-corrected chi connectivity index (χ1v) is 8.28. The molecule has 2 aromatic rings. The highest BCUT2D eigenvalue weighted by atomic mass is 32.2. The Kier molecular flexibility index (Phi) is 3.03. The molecule has 2 fully saturated rings. The zero-order valence-electron chi connectivity index (χ0n) is 11.3. The van der Waals surface area contributed by atoms with E-state index in [4.69, 9.17) is 0 Å². The third-order valence-corrected chi connectivity index (χ3v) is 6.24. The Morgan fingerprint density at radius 1 is 1.15 bits per heavy atom. The fourth-order valence-corrected chi connectivity index (χ4v) is 5.40. The molecule has 4 rings (SSSR count). The predicted molar refractivity (Wildman–Crippen MR) is 83.2 cm³/mol. The van der Waals surface area contributed by atoms with Gasteiger partial charge in [-0.15, -0.1) is 0 Å². The number of benzene rings is 1. The van der Waals surface area contributed by atoms with Gasteiger partial charge in [-0.1, -0.05) is 18.2 Å². The molecule has 2 bridgehead atoms. The molecule has 0 aliphatic carbocycles. The molecular weight excluding hydrogens is 266 g/mol. The lowest BCUT2D eigenvalue weighted by atomic mass is 9.88. The molecule has 0 amide bonds. The van der Waals surface area contributed by atoms with E-state index in [9.17, 15) is 4.79 Å². The van der Waals surface area contributed by atoms with E-state index in [1.165, 1.54) is 12.8 Å². The fourth-order valence-electron chi connectivity index (χ4n) is 3.62. The second-order valence-corrected chi connectivity index (χ2v) is 7.50. The summed E-state index contributed by atoms with van der Waals surface area (Å²) in [6.45, 7) is 0. The molecule has 2 aliphatic heterocycles. The van der Waals surface area contributed by atoms with Crippen molar-refractivity contribution in [1.82, 2.24) is 4.98 Å². The van der Waals surface area contributed by atoms with Gasteiger partial charge in [0, 0.05) is 39.8 Å². The number of nitrogens with zero attached hydrogens (tertiary/aromatic N) is 1. The monoisotopic (exact) mass is 283 g/mol. The Bertz CT molecular complexity index is 652. The van der Waals surface area contributed by atoms with Crippen LogP contribution in [0.2, 0.25) is 0 Å². The first kappa shape index (κ1) is 12.4. The van der Waals surface area contributed by atoms with Crippen molar-refractivity contribution in [1.29, 1.82) is 0 Å². The first-order valence-electron chi connectivity index (χ1n) is 7.33. The summed E-state index contributed by atoms with van der Waals surface area (Å²) < 4.78 is 0. The Balaban J connectivity index is 1.70. The molecule has 3 heteroatoms. The minimum Gasteiger partial charge on any atom is -0.294 e. The van der Waals surface area contributed by atoms with Crippen molar-refractivity contribution in [2.24, 2.45) is 5.92 Å². The molecule has 1 aromatic carbocycles. The van der Waals surface area contributed by atoms with E-state index in [0.717, 1.165) is 39.7 Å². The van der Waals surface area contributed by atoms with Gasteiger partial charge in [-0.25, -0.2) is 0 Å². The summed E-state index contributed by atoms with van der Waals surface area (Å²) in [6, 6.07) is 7.98. The van der Waals surface area contributed by atoms with Crippen molar-refractivity contribution < 1.29 is 4.79 Å². The summed E-state index contributed by atoms with van der Waals surface area (Å²) in [7, 11) is 0. The zero-order valence-corrected chi connectivity index (χ0v) is 12.1. The molecule has 0 radical (unpaired) electrons. The zero-order chi connectivity index (χ0) is 13.5. The molecule has 102 valence electrons. The van der Waals surface area contributed by atoms with Gasteiger partial charge in [0.1, 0.15) is 0 Å². The number of pyridine rings is 1. The summed E-state index contributed by atoms with van der Waals surface area (Å²) >= 11 is 2.11. The highest BCUT2D eigenvalue weighted by Crippen LogP contribution is 2.46. The van der Waals surface area contributed by atoms with E-state index < -0.39 is 0 Å². The van der Waals surface area contributed by atoms with E-state index in [1.807, 2.05) is 30.5 Å². The van der Waals surface area contributed by atoms with Crippen molar-refractivity contribution in [2.45, 2.75) is 36.2 Å². The van der Waals surface area contributed by atoms with Crippen LogP contribution in [0.3, 0.4) is 0 Å². The van der Waals surface area contributed by atoms with Crippen molar-refractivity contribution >= 4 is 28.3 Å². The third-order valence-electron chi connectivity index (χ3n) is 4.61. The maximum absolute atomic E-state index is 12.9. The molecule has 2 nitrogen and oxygen atoms in total. The van der Waals surface area contributed by atoms with Gasteiger partial charge in [-0.05, 0) is 37.1 Å². The molecule has 1 aromatic heterocycles. The van der Waals surface area contributed by atoms with Crippen LogP contribution in [0.25, 0.3) is 10.8 Å². The van der Waals surface area contributed by atoms with E-state index in [1.54, 1.807) is 6.20 Å².